The fourth-order valence-electron chi connectivity index (χ4n) is 5.22. The van der Waals surface area contributed by atoms with Crippen molar-refractivity contribution in [1.82, 2.24) is 0 Å². The summed E-state index contributed by atoms with van der Waals surface area (Å²) in [6.45, 7) is 22.6. The Kier molecular flexibility index (Phi) is 8.98. The van der Waals surface area contributed by atoms with Crippen molar-refractivity contribution in [2.24, 2.45) is 0 Å². The van der Waals surface area contributed by atoms with E-state index in [0.717, 1.165) is 33.4 Å². The van der Waals surface area contributed by atoms with E-state index in [9.17, 15) is 9.59 Å². The van der Waals surface area contributed by atoms with Gasteiger partial charge in [-0.15, -0.1) is 0 Å². The van der Waals surface area contributed by atoms with Crippen molar-refractivity contribution in [3.8, 4) is 0 Å². The van der Waals surface area contributed by atoms with E-state index in [0.29, 0.717) is 11.1 Å². The highest BCUT2D eigenvalue weighted by Gasteiger charge is 2.45. The lowest BCUT2D eigenvalue weighted by Crippen LogP contribution is -2.24. The molecule has 0 N–H and O–H groups in total. The van der Waals surface area contributed by atoms with Crippen LogP contribution in [0.2, 0.25) is 0 Å². The second kappa shape index (κ2) is 11.4. The van der Waals surface area contributed by atoms with Crippen LogP contribution in [0.3, 0.4) is 0 Å². The van der Waals surface area contributed by atoms with Crippen LogP contribution in [0.5, 0.6) is 0 Å². The maximum atomic E-state index is 15.3. The highest BCUT2D eigenvalue weighted by Crippen LogP contribution is 2.54. The predicted octanol–water partition coefficient (Wildman–Crippen LogP) is 9.64. The minimum atomic E-state index is -4.26. The lowest BCUT2D eigenvalue weighted by molar-refractivity contribution is 0.103. The van der Waals surface area contributed by atoms with Crippen molar-refractivity contribution < 1.29 is 14.2 Å². The Hall–Kier alpha value is -2.77. The van der Waals surface area contributed by atoms with Crippen LogP contribution in [0.25, 0.3) is 0 Å². The molecule has 0 aliphatic rings. The SMILES string of the molecule is Cc1cc(C(C)(C)C)cc(C)c1C(=O)P(=O)(C(=O)c1c(C(C)C)cc(C(C)C)cc1C(C)C)c1ccccc1. The zero-order valence-corrected chi connectivity index (χ0v) is 26.5. The molecule has 3 nitrogen and oxygen atoms in total. The molecule has 0 radical (unpaired) electrons. The van der Waals surface area contributed by atoms with Gasteiger partial charge in [-0.25, -0.2) is 0 Å². The van der Waals surface area contributed by atoms with Crippen LogP contribution < -0.4 is 5.30 Å². The maximum Gasteiger partial charge on any atom is 0.248 e. The van der Waals surface area contributed by atoms with Gasteiger partial charge in [0.1, 0.15) is 0 Å². The summed E-state index contributed by atoms with van der Waals surface area (Å²) in [5.74, 6) is 0.321. The molecule has 208 valence electrons. The molecule has 1 unspecified atom stereocenters. The van der Waals surface area contributed by atoms with Gasteiger partial charge < -0.3 is 4.57 Å². The molecule has 0 heterocycles. The fourth-order valence-corrected chi connectivity index (χ4v) is 7.70. The van der Waals surface area contributed by atoms with Crippen LogP contribution in [0.4, 0.5) is 0 Å². The van der Waals surface area contributed by atoms with Crippen molar-refractivity contribution in [2.45, 2.75) is 99.3 Å². The molecule has 0 spiro atoms. The van der Waals surface area contributed by atoms with Gasteiger partial charge in [0.05, 0.1) is 0 Å². The number of hydrogen-bond acceptors (Lipinski definition) is 3. The molecule has 0 amide bonds. The second-order valence-corrected chi connectivity index (χ2v) is 15.4. The Bertz CT molecular complexity index is 1380. The summed E-state index contributed by atoms with van der Waals surface area (Å²) < 4.78 is 15.3. The summed E-state index contributed by atoms with van der Waals surface area (Å²) in [6.07, 6.45) is 0. The molecule has 3 aromatic carbocycles. The van der Waals surface area contributed by atoms with Crippen molar-refractivity contribution in [2.75, 3.05) is 0 Å². The number of benzene rings is 3. The zero-order chi connectivity index (χ0) is 29.4. The van der Waals surface area contributed by atoms with Crippen LogP contribution in [0, 0.1) is 13.8 Å². The Morgan fingerprint density at radius 3 is 1.49 bits per heavy atom. The molecule has 3 rings (SSSR count). The van der Waals surface area contributed by atoms with Gasteiger partial charge in [-0.2, -0.15) is 0 Å². The first-order chi connectivity index (χ1) is 18.0. The average molecular weight is 545 g/mol. The smallest absolute Gasteiger partial charge is 0.248 e. The number of carbonyl (C=O) groups excluding carboxylic acids is 2. The van der Waals surface area contributed by atoms with Crippen molar-refractivity contribution >= 4 is 23.5 Å². The Labute approximate surface area is 235 Å². The summed E-state index contributed by atoms with van der Waals surface area (Å²) in [5.41, 5.74) is 5.05. The minimum Gasteiger partial charge on any atom is -0.302 e. The average Bonchev–Trinajstić information content (AvgIpc) is 2.86. The lowest BCUT2D eigenvalue weighted by atomic mass is 9.84. The summed E-state index contributed by atoms with van der Waals surface area (Å²) in [5, 5.41) is 0.288. The number of aryl methyl sites for hydroxylation is 2. The fraction of sp³-hybridized carbons (Fsp3) is 0.429. The summed E-state index contributed by atoms with van der Waals surface area (Å²) in [7, 11) is -4.26. The highest BCUT2D eigenvalue weighted by atomic mass is 31.2. The zero-order valence-electron chi connectivity index (χ0n) is 25.6. The first-order valence-electron chi connectivity index (χ1n) is 14.1. The molecule has 3 aromatic rings. The van der Waals surface area contributed by atoms with Gasteiger partial charge in [0.15, 0.2) is 0 Å². The van der Waals surface area contributed by atoms with E-state index in [1.54, 1.807) is 24.3 Å². The van der Waals surface area contributed by atoms with Gasteiger partial charge in [0.25, 0.3) is 0 Å². The van der Waals surface area contributed by atoms with Crippen LogP contribution in [-0.4, -0.2) is 11.0 Å². The molecule has 0 aliphatic carbocycles. The minimum absolute atomic E-state index is 0.0222. The normalized spacial score (nSPS) is 13.7. The summed E-state index contributed by atoms with van der Waals surface area (Å²) in [4.78, 5) is 29.3. The van der Waals surface area contributed by atoms with E-state index in [2.05, 4.69) is 74.4 Å². The van der Waals surface area contributed by atoms with E-state index >= 15 is 4.57 Å². The summed E-state index contributed by atoms with van der Waals surface area (Å²) in [6, 6.07) is 16.8. The first kappa shape index (κ1) is 30.8. The number of rotatable bonds is 8. The Morgan fingerprint density at radius 2 is 1.10 bits per heavy atom. The van der Waals surface area contributed by atoms with Gasteiger partial charge in [0.2, 0.25) is 18.2 Å². The van der Waals surface area contributed by atoms with Crippen molar-refractivity contribution in [3.05, 3.63) is 99.1 Å². The van der Waals surface area contributed by atoms with E-state index in [1.165, 1.54) is 0 Å². The van der Waals surface area contributed by atoms with E-state index in [1.807, 2.05) is 32.0 Å². The summed E-state index contributed by atoms with van der Waals surface area (Å²) >= 11 is 0. The third kappa shape index (κ3) is 5.90. The van der Waals surface area contributed by atoms with Crippen molar-refractivity contribution in [1.29, 1.82) is 0 Å². The van der Waals surface area contributed by atoms with Gasteiger partial charge >= 0.3 is 0 Å². The van der Waals surface area contributed by atoms with Crippen LogP contribution >= 0.6 is 7.14 Å². The Morgan fingerprint density at radius 1 is 0.667 bits per heavy atom. The third-order valence-corrected chi connectivity index (χ3v) is 10.3. The molecule has 0 aliphatic heterocycles. The van der Waals surface area contributed by atoms with Crippen LogP contribution in [0.1, 0.15) is 134 Å². The van der Waals surface area contributed by atoms with Crippen LogP contribution in [0.15, 0.2) is 54.6 Å². The molecule has 1 atom stereocenters. The molecule has 0 fully saturated rings. The van der Waals surface area contributed by atoms with E-state index in [-0.39, 0.29) is 28.5 Å². The monoisotopic (exact) mass is 544 g/mol. The first-order valence-corrected chi connectivity index (χ1v) is 15.8. The predicted molar refractivity (Wildman–Crippen MR) is 166 cm³/mol. The quantitative estimate of drug-likeness (QED) is 0.265. The van der Waals surface area contributed by atoms with Gasteiger partial charge in [-0.05, 0) is 70.4 Å². The molecular weight excluding hydrogens is 499 g/mol. The largest absolute Gasteiger partial charge is 0.302 e. The second-order valence-electron chi connectivity index (χ2n) is 12.8. The lowest BCUT2D eigenvalue weighted by Gasteiger charge is -2.26. The van der Waals surface area contributed by atoms with E-state index < -0.39 is 18.2 Å². The molecular formula is C35H45O3P. The molecule has 0 aromatic heterocycles. The van der Waals surface area contributed by atoms with Crippen LogP contribution in [-0.2, 0) is 9.98 Å². The van der Waals surface area contributed by atoms with E-state index in [4.69, 9.17) is 0 Å². The maximum absolute atomic E-state index is 15.3. The standard InChI is InChI=1S/C35H45O3P/c1-21(2)26-19-29(22(3)4)32(30(20-26)23(5)6)34(37)39(38,28-15-13-12-14-16-28)33(36)31-24(7)17-27(18-25(31)8)35(9,10)11/h12-23H,1-11H3. The molecule has 0 saturated heterocycles. The number of carbonyl (C=O) groups is 2. The topological polar surface area (TPSA) is 51.2 Å². The molecule has 4 heteroatoms. The van der Waals surface area contributed by atoms with Gasteiger partial charge in [-0.1, -0.05) is 117 Å². The third-order valence-electron chi connectivity index (χ3n) is 7.65. The molecule has 0 bridgehead atoms. The van der Waals surface area contributed by atoms with Crippen molar-refractivity contribution in [3.63, 3.8) is 0 Å². The Balaban J connectivity index is 2.39. The van der Waals surface area contributed by atoms with Gasteiger partial charge in [-0.3, -0.25) is 9.59 Å². The molecule has 39 heavy (non-hydrogen) atoms. The number of hydrogen-bond donors (Lipinski definition) is 0. The van der Waals surface area contributed by atoms with Gasteiger partial charge in [0, 0.05) is 16.4 Å². The highest BCUT2D eigenvalue weighted by molar-refractivity contribution is 8.01. The molecule has 0 saturated carbocycles.